The lowest BCUT2D eigenvalue weighted by atomic mass is 9.76. The van der Waals surface area contributed by atoms with Gasteiger partial charge in [0.15, 0.2) is 0 Å². The van der Waals surface area contributed by atoms with Crippen LogP contribution in [0, 0.1) is 11.3 Å². The molecule has 1 atom stereocenters. The molecule has 1 saturated heterocycles. The number of nitrogens with zero attached hydrogens (tertiary/aromatic N) is 1. The molecule has 21 heavy (non-hydrogen) atoms. The van der Waals surface area contributed by atoms with Gasteiger partial charge in [-0.05, 0) is 24.2 Å². The Morgan fingerprint density at radius 2 is 1.86 bits per heavy atom. The number of nitrogens with one attached hydrogen (secondary N) is 1. The lowest BCUT2D eigenvalue weighted by Gasteiger charge is -2.31. The number of morpholine rings is 1. The third-order valence-electron chi connectivity index (χ3n) is 4.00. The maximum atomic E-state index is 12.0. The number of amides is 2. The zero-order chi connectivity index (χ0) is 15.9. The summed E-state index contributed by atoms with van der Waals surface area (Å²) >= 11 is 0. The van der Waals surface area contributed by atoms with Gasteiger partial charge in [0, 0.05) is 26.1 Å². The fourth-order valence-corrected chi connectivity index (χ4v) is 2.54. The molecule has 0 aromatic rings. The number of carboxylic acid groups (broad SMARTS) is 1. The number of aliphatic carboxylic acids is 1. The molecule has 1 unspecified atom stereocenters. The van der Waals surface area contributed by atoms with Crippen molar-refractivity contribution in [3.63, 3.8) is 0 Å². The highest BCUT2D eigenvalue weighted by molar-refractivity contribution is 5.74. The first-order valence-corrected chi connectivity index (χ1v) is 7.63. The monoisotopic (exact) mass is 300 g/mol. The summed E-state index contributed by atoms with van der Waals surface area (Å²) in [4.78, 5) is 24.4. The van der Waals surface area contributed by atoms with Crippen LogP contribution >= 0.6 is 0 Å². The maximum Gasteiger partial charge on any atom is 0.317 e. The van der Waals surface area contributed by atoms with Crippen molar-refractivity contribution in [2.24, 2.45) is 11.3 Å². The third-order valence-corrected chi connectivity index (χ3v) is 4.00. The second-order valence-electron chi connectivity index (χ2n) is 6.62. The van der Waals surface area contributed by atoms with E-state index in [2.05, 4.69) is 26.1 Å². The average molecular weight is 300 g/mol. The Morgan fingerprint density at radius 1 is 1.24 bits per heavy atom. The van der Waals surface area contributed by atoms with E-state index in [1.54, 1.807) is 4.90 Å². The summed E-state index contributed by atoms with van der Waals surface area (Å²) in [6.07, 6.45) is 1.62. The van der Waals surface area contributed by atoms with Gasteiger partial charge in [-0.2, -0.15) is 0 Å². The summed E-state index contributed by atoms with van der Waals surface area (Å²) in [6, 6.07) is -0.0517. The Bertz CT molecular complexity index is 346. The Labute approximate surface area is 126 Å². The zero-order valence-corrected chi connectivity index (χ0v) is 13.4. The highest BCUT2D eigenvalue weighted by atomic mass is 16.5. The van der Waals surface area contributed by atoms with Gasteiger partial charge >= 0.3 is 12.0 Å². The Morgan fingerprint density at radius 3 is 2.38 bits per heavy atom. The van der Waals surface area contributed by atoms with Crippen LogP contribution < -0.4 is 5.32 Å². The van der Waals surface area contributed by atoms with Crippen molar-refractivity contribution in [2.45, 2.75) is 40.0 Å². The molecule has 0 aromatic heterocycles. The minimum absolute atomic E-state index is 0.0408. The van der Waals surface area contributed by atoms with Gasteiger partial charge in [0.1, 0.15) is 0 Å². The van der Waals surface area contributed by atoms with Crippen molar-refractivity contribution in [3.05, 3.63) is 0 Å². The van der Waals surface area contributed by atoms with Gasteiger partial charge in [0.2, 0.25) is 0 Å². The highest BCUT2D eigenvalue weighted by Gasteiger charge is 2.25. The first-order chi connectivity index (χ1) is 9.80. The fourth-order valence-electron chi connectivity index (χ4n) is 2.54. The minimum Gasteiger partial charge on any atom is -0.481 e. The van der Waals surface area contributed by atoms with Gasteiger partial charge in [0.05, 0.1) is 13.2 Å². The molecule has 0 aromatic carbocycles. The van der Waals surface area contributed by atoms with Crippen LogP contribution in [0.4, 0.5) is 4.79 Å². The lowest BCUT2D eigenvalue weighted by Crippen LogP contribution is -2.46. The molecule has 6 nitrogen and oxygen atoms in total. The third kappa shape index (κ3) is 6.80. The SMILES string of the molecule is CC(C)(C)C(CCNC(=O)N1CCOCC1)CCC(=O)O. The molecule has 1 fully saturated rings. The predicted molar refractivity (Wildman–Crippen MR) is 80.2 cm³/mol. The molecule has 1 aliphatic heterocycles. The molecule has 0 aliphatic carbocycles. The van der Waals surface area contributed by atoms with Gasteiger partial charge in [0.25, 0.3) is 0 Å². The quantitative estimate of drug-likeness (QED) is 0.786. The van der Waals surface area contributed by atoms with E-state index >= 15 is 0 Å². The lowest BCUT2D eigenvalue weighted by molar-refractivity contribution is -0.137. The van der Waals surface area contributed by atoms with Crippen LogP contribution in [0.5, 0.6) is 0 Å². The summed E-state index contributed by atoms with van der Waals surface area (Å²) in [6.45, 7) is 9.38. The van der Waals surface area contributed by atoms with Crippen LogP contribution in [0.15, 0.2) is 0 Å². The van der Waals surface area contributed by atoms with Crippen LogP contribution in [0.1, 0.15) is 40.0 Å². The van der Waals surface area contributed by atoms with Crippen molar-refractivity contribution in [3.8, 4) is 0 Å². The van der Waals surface area contributed by atoms with E-state index < -0.39 is 5.97 Å². The molecule has 0 spiro atoms. The standard InChI is InChI=1S/C15H28N2O4/c1-15(2,3)12(4-5-13(18)19)6-7-16-14(20)17-8-10-21-11-9-17/h12H,4-11H2,1-3H3,(H,16,20)(H,18,19). The molecular weight excluding hydrogens is 272 g/mol. The van der Waals surface area contributed by atoms with E-state index in [1.807, 2.05) is 0 Å². The molecule has 0 bridgehead atoms. The van der Waals surface area contributed by atoms with E-state index in [0.717, 1.165) is 6.42 Å². The summed E-state index contributed by atoms with van der Waals surface area (Å²) in [7, 11) is 0. The maximum absolute atomic E-state index is 12.0. The van der Waals surface area contributed by atoms with Crippen LogP contribution in [0.25, 0.3) is 0 Å². The van der Waals surface area contributed by atoms with Gasteiger partial charge in [-0.1, -0.05) is 20.8 Å². The van der Waals surface area contributed by atoms with E-state index in [-0.39, 0.29) is 23.8 Å². The zero-order valence-electron chi connectivity index (χ0n) is 13.4. The number of ether oxygens (including phenoxy) is 1. The van der Waals surface area contributed by atoms with Crippen molar-refractivity contribution >= 4 is 12.0 Å². The molecule has 0 saturated carbocycles. The predicted octanol–water partition coefficient (Wildman–Crippen LogP) is 1.95. The summed E-state index contributed by atoms with van der Waals surface area (Å²) < 4.78 is 5.21. The van der Waals surface area contributed by atoms with Crippen molar-refractivity contribution < 1.29 is 19.4 Å². The normalized spacial score (nSPS) is 17.4. The molecule has 6 heteroatoms. The van der Waals surface area contributed by atoms with E-state index in [0.29, 0.717) is 39.3 Å². The number of carbonyl (C=O) groups is 2. The minimum atomic E-state index is -0.762. The smallest absolute Gasteiger partial charge is 0.317 e. The molecule has 1 aliphatic rings. The number of carbonyl (C=O) groups excluding carboxylic acids is 1. The number of carboxylic acids is 1. The van der Waals surface area contributed by atoms with Crippen molar-refractivity contribution in [1.82, 2.24) is 10.2 Å². The second kappa shape index (κ2) is 8.22. The van der Waals surface area contributed by atoms with Gasteiger partial charge in [-0.15, -0.1) is 0 Å². The van der Waals surface area contributed by atoms with Crippen molar-refractivity contribution in [2.75, 3.05) is 32.8 Å². The summed E-state index contributed by atoms with van der Waals surface area (Å²) in [5.41, 5.74) is 0.0408. The van der Waals surface area contributed by atoms with E-state index in [9.17, 15) is 9.59 Å². The molecule has 1 heterocycles. The summed E-state index contributed by atoms with van der Waals surface area (Å²) in [5, 5.41) is 11.8. The molecular formula is C15H28N2O4. The molecule has 2 amide bonds. The first-order valence-electron chi connectivity index (χ1n) is 7.63. The van der Waals surface area contributed by atoms with Crippen LogP contribution in [0.2, 0.25) is 0 Å². The Balaban J connectivity index is 2.34. The average Bonchev–Trinajstić information content (AvgIpc) is 2.41. The second-order valence-corrected chi connectivity index (χ2v) is 6.62. The highest BCUT2D eigenvalue weighted by Crippen LogP contribution is 2.32. The van der Waals surface area contributed by atoms with Gasteiger partial charge in [-0.25, -0.2) is 4.79 Å². The number of hydrogen-bond donors (Lipinski definition) is 2. The van der Waals surface area contributed by atoms with Crippen LogP contribution in [-0.4, -0.2) is 54.9 Å². The number of rotatable bonds is 6. The number of urea groups is 1. The number of hydrogen-bond acceptors (Lipinski definition) is 3. The Hall–Kier alpha value is -1.30. The topological polar surface area (TPSA) is 78.9 Å². The van der Waals surface area contributed by atoms with E-state index in [4.69, 9.17) is 9.84 Å². The van der Waals surface area contributed by atoms with Crippen LogP contribution in [0.3, 0.4) is 0 Å². The van der Waals surface area contributed by atoms with Gasteiger partial charge in [-0.3, -0.25) is 4.79 Å². The van der Waals surface area contributed by atoms with Crippen molar-refractivity contribution in [1.29, 1.82) is 0 Å². The molecule has 2 N–H and O–H groups in total. The summed E-state index contributed by atoms with van der Waals surface area (Å²) in [5.74, 6) is -0.486. The molecule has 122 valence electrons. The first kappa shape index (κ1) is 17.8. The largest absolute Gasteiger partial charge is 0.481 e. The fraction of sp³-hybridized carbons (Fsp3) is 0.867. The van der Waals surface area contributed by atoms with E-state index in [1.165, 1.54) is 0 Å². The Kier molecular flexibility index (Phi) is 6.95. The van der Waals surface area contributed by atoms with Crippen LogP contribution in [-0.2, 0) is 9.53 Å². The molecule has 1 rings (SSSR count). The molecule has 0 radical (unpaired) electrons. The van der Waals surface area contributed by atoms with Gasteiger partial charge < -0.3 is 20.1 Å².